The second-order valence-electron chi connectivity index (χ2n) is 9.33. The highest BCUT2D eigenvalue weighted by Crippen LogP contribution is 2.42. The minimum atomic E-state index is -1.40. The van der Waals surface area contributed by atoms with Gasteiger partial charge in [0.2, 0.25) is 5.43 Å². The van der Waals surface area contributed by atoms with Gasteiger partial charge in [-0.1, -0.05) is 37.3 Å². The van der Waals surface area contributed by atoms with E-state index < -0.39 is 28.6 Å². The van der Waals surface area contributed by atoms with Gasteiger partial charge in [-0.25, -0.2) is 13.6 Å². The van der Waals surface area contributed by atoms with Crippen molar-refractivity contribution < 1.29 is 18.7 Å². The van der Waals surface area contributed by atoms with Crippen LogP contribution in [0.5, 0.6) is 0 Å². The molecule has 0 spiro atoms. The van der Waals surface area contributed by atoms with Crippen LogP contribution in [0.2, 0.25) is 0 Å². The first-order valence-electron chi connectivity index (χ1n) is 11.7. The first kappa shape index (κ1) is 22.5. The summed E-state index contributed by atoms with van der Waals surface area (Å²) in [5.74, 6) is -3.05. The van der Waals surface area contributed by atoms with E-state index in [-0.39, 0.29) is 28.0 Å². The molecule has 1 saturated heterocycles. The fourth-order valence-electron chi connectivity index (χ4n) is 5.22. The Kier molecular flexibility index (Phi) is 5.64. The van der Waals surface area contributed by atoms with Crippen molar-refractivity contribution >= 4 is 22.6 Å². The molecule has 2 aliphatic rings. The summed E-state index contributed by atoms with van der Waals surface area (Å²) in [6.07, 6.45) is 3.44. The number of carboxylic acids is 1. The number of carbonyl (C=O) groups is 1. The van der Waals surface area contributed by atoms with Crippen molar-refractivity contribution in [2.24, 2.45) is 0 Å². The minimum Gasteiger partial charge on any atom is -0.477 e. The largest absolute Gasteiger partial charge is 0.477 e. The van der Waals surface area contributed by atoms with Gasteiger partial charge >= 0.3 is 5.97 Å². The summed E-state index contributed by atoms with van der Waals surface area (Å²) >= 11 is 0. The average Bonchev–Trinajstić information content (AvgIpc) is 3.58. The number of aromatic carboxylic acids is 1. The van der Waals surface area contributed by atoms with E-state index >= 15 is 8.78 Å². The minimum absolute atomic E-state index is 0.0159. The van der Waals surface area contributed by atoms with Gasteiger partial charge in [-0.2, -0.15) is 0 Å². The monoisotopic (exact) mass is 467 g/mol. The molecule has 0 radical (unpaired) electrons. The van der Waals surface area contributed by atoms with E-state index in [1.807, 2.05) is 37.3 Å². The molecule has 0 bridgehead atoms. The Balaban J connectivity index is 1.63. The maximum absolute atomic E-state index is 16.0. The van der Waals surface area contributed by atoms with E-state index in [0.29, 0.717) is 26.1 Å². The molecule has 34 heavy (non-hydrogen) atoms. The standard InChI is InChI=1S/C26H27F2N3O3/c1-2-29-14-26(16-6-4-3-5-7-16)10-11-30(15-26)23-20(27)12-18-22(21(23)28)31(17-8-9-17)13-19(24(18)32)25(33)34/h3-7,12-13,17,29H,2,8-11,14-15H2,1H3,(H,33,34). The zero-order valence-electron chi connectivity index (χ0n) is 19.0. The van der Waals surface area contributed by atoms with Gasteiger partial charge < -0.3 is 19.9 Å². The van der Waals surface area contributed by atoms with Crippen molar-refractivity contribution in [2.75, 3.05) is 31.1 Å². The van der Waals surface area contributed by atoms with E-state index in [2.05, 4.69) is 5.32 Å². The molecule has 1 aliphatic carbocycles. The highest BCUT2D eigenvalue weighted by Gasteiger charge is 2.41. The van der Waals surface area contributed by atoms with E-state index in [1.165, 1.54) is 10.8 Å². The normalized spacial score (nSPS) is 20.3. The lowest BCUT2D eigenvalue weighted by atomic mass is 9.79. The summed E-state index contributed by atoms with van der Waals surface area (Å²) in [6.45, 7) is 4.36. The summed E-state index contributed by atoms with van der Waals surface area (Å²) < 4.78 is 33.0. The molecule has 178 valence electrons. The van der Waals surface area contributed by atoms with Crippen LogP contribution in [0, 0.1) is 11.6 Å². The third kappa shape index (κ3) is 3.66. The van der Waals surface area contributed by atoms with Gasteiger partial charge in [0.25, 0.3) is 0 Å². The lowest BCUT2D eigenvalue weighted by Gasteiger charge is -2.31. The fourth-order valence-corrected chi connectivity index (χ4v) is 5.22. The Morgan fingerprint density at radius 1 is 1.24 bits per heavy atom. The van der Waals surface area contributed by atoms with E-state index in [1.54, 1.807) is 4.90 Å². The molecule has 1 atom stereocenters. The highest BCUT2D eigenvalue weighted by molar-refractivity contribution is 5.94. The fraction of sp³-hybridized carbons (Fsp3) is 0.385. The molecule has 6 nitrogen and oxygen atoms in total. The Morgan fingerprint density at radius 2 is 1.97 bits per heavy atom. The number of benzene rings is 2. The topological polar surface area (TPSA) is 74.6 Å². The number of anilines is 1. The van der Waals surface area contributed by atoms with Crippen molar-refractivity contribution in [3.63, 3.8) is 0 Å². The lowest BCUT2D eigenvalue weighted by molar-refractivity contribution is 0.0694. The molecule has 1 aromatic heterocycles. The van der Waals surface area contributed by atoms with Crippen molar-refractivity contribution in [1.82, 2.24) is 9.88 Å². The Bertz CT molecular complexity index is 1320. The SMILES string of the molecule is CCNCC1(c2ccccc2)CCN(c2c(F)cc3c(=O)c(C(=O)O)cn(C4CC4)c3c2F)C1. The van der Waals surface area contributed by atoms with Crippen LogP contribution in [0.4, 0.5) is 14.5 Å². The van der Waals surface area contributed by atoms with Crippen molar-refractivity contribution in [3.05, 3.63) is 75.6 Å². The third-order valence-corrected chi connectivity index (χ3v) is 7.12. The van der Waals surface area contributed by atoms with Crippen LogP contribution >= 0.6 is 0 Å². The molecule has 2 N–H and O–H groups in total. The second-order valence-corrected chi connectivity index (χ2v) is 9.33. The summed E-state index contributed by atoms with van der Waals surface area (Å²) in [7, 11) is 0. The smallest absolute Gasteiger partial charge is 0.341 e. The number of hydrogen-bond donors (Lipinski definition) is 2. The van der Waals surface area contributed by atoms with Crippen LogP contribution < -0.4 is 15.6 Å². The van der Waals surface area contributed by atoms with Gasteiger partial charge in [-0.05, 0) is 37.4 Å². The number of fused-ring (bicyclic) bond motifs is 1. The third-order valence-electron chi connectivity index (χ3n) is 7.12. The van der Waals surface area contributed by atoms with Crippen LogP contribution in [-0.4, -0.2) is 41.8 Å². The Morgan fingerprint density at radius 3 is 2.62 bits per heavy atom. The molecule has 1 saturated carbocycles. The highest BCUT2D eigenvalue weighted by atomic mass is 19.1. The summed E-state index contributed by atoms with van der Waals surface area (Å²) in [5.41, 5.74) is -0.705. The van der Waals surface area contributed by atoms with Gasteiger partial charge in [-0.15, -0.1) is 0 Å². The molecule has 2 heterocycles. The predicted molar refractivity (Wildman–Crippen MR) is 127 cm³/mol. The second kappa shape index (κ2) is 8.51. The first-order chi connectivity index (χ1) is 16.4. The number of nitrogens with zero attached hydrogens (tertiary/aromatic N) is 2. The van der Waals surface area contributed by atoms with Crippen LogP contribution in [0.1, 0.15) is 48.1 Å². The number of carboxylic acid groups (broad SMARTS) is 1. The van der Waals surface area contributed by atoms with E-state index in [0.717, 1.165) is 31.0 Å². The molecule has 3 aromatic rings. The van der Waals surface area contributed by atoms with E-state index in [4.69, 9.17) is 0 Å². The van der Waals surface area contributed by atoms with Crippen LogP contribution in [0.25, 0.3) is 10.9 Å². The Hall–Kier alpha value is -3.26. The molecule has 5 rings (SSSR count). The number of halogens is 2. The van der Waals surface area contributed by atoms with Gasteiger partial charge in [-0.3, -0.25) is 4.79 Å². The lowest BCUT2D eigenvalue weighted by Crippen LogP contribution is -2.41. The summed E-state index contributed by atoms with van der Waals surface area (Å²) in [5, 5.41) is 12.6. The molecular weight excluding hydrogens is 440 g/mol. The molecule has 0 amide bonds. The molecule has 2 fully saturated rings. The number of likely N-dealkylation sites (N-methyl/N-ethyl adjacent to an activating group) is 1. The maximum atomic E-state index is 16.0. The van der Waals surface area contributed by atoms with Crippen LogP contribution in [0.15, 0.2) is 47.4 Å². The van der Waals surface area contributed by atoms with Crippen molar-refractivity contribution in [2.45, 2.75) is 37.6 Å². The summed E-state index contributed by atoms with van der Waals surface area (Å²) in [4.78, 5) is 26.1. The zero-order valence-corrected chi connectivity index (χ0v) is 19.0. The number of nitrogens with one attached hydrogen (secondary N) is 1. The van der Waals surface area contributed by atoms with Crippen LogP contribution in [0.3, 0.4) is 0 Å². The molecule has 8 heteroatoms. The van der Waals surface area contributed by atoms with Crippen molar-refractivity contribution in [1.29, 1.82) is 0 Å². The van der Waals surface area contributed by atoms with Crippen molar-refractivity contribution in [3.8, 4) is 0 Å². The first-order valence-corrected chi connectivity index (χ1v) is 11.7. The molecule has 2 aromatic carbocycles. The van der Waals surface area contributed by atoms with E-state index in [9.17, 15) is 14.7 Å². The molecular formula is C26H27F2N3O3. The molecule has 1 aliphatic heterocycles. The quantitative estimate of drug-likeness (QED) is 0.548. The number of hydrogen-bond acceptors (Lipinski definition) is 4. The number of rotatable bonds is 7. The van der Waals surface area contributed by atoms with Gasteiger partial charge in [0, 0.05) is 37.3 Å². The Labute approximate surface area is 195 Å². The van der Waals surface area contributed by atoms with Gasteiger partial charge in [0.05, 0.1) is 10.9 Å². The average molecular weight is 468 g/mol. The molecule has 1 unspecified atom stereocenters. The van der Waals surface area contributed by atoms with Crippen LogP contribution in [-0.2, 0) is 5.41 Å². The predicted octanol–water partition coefficient (Wildman–Crippen LogP) is 4.07. The zero-order chi connectivity index (χ0) is 24.0. The summed E-state index contributed by atoms with van der Waals surface area (Å²) in [6, 6.07) is 10.9. The van der Waals surface area contributed by atoms with Gasteiger partial charge in [0.15, 0.2) is 5.82 Å². The number of pyridine rings is 1. The number of aromatic nitrogens is 1. The van der Waals surface area contributed by atoms with Gasteiger partial charge in [0.1, 0.15) is 17.1 Å². The maximum Gasteiger partial charge on any atom is 0.341 e.